The minimum absolute atomic E-state index is 0.0118. The van der Waals surface area contributed by atoms with Crippen LogP contribution in [0.25, 0.3) is 6.08 Å². The summed E-state index contributed by atoms with van der Waals surface area (Å²) in [6.45, 7) is 2.75. The predicted molar refractivity (Wildman–Crippen MR) is 114 cm³/mol. The van der Waals surface area contributed by atoms with Gasteiger partial charge in [-0.3, -0.25) is 9.59 Å². The molecule has 6 heteroatoms. The Hall–Kier alpha value is -2.44. The van der Waals surface area contributed by atoms with Gasteiger partial charge in [0.05, 0.1) is 6.61 Å². The lowest BCUT2D eigenvalue weighted by Gasteiger charge is -2.35. The van der Waals surface area contributed by atoms with Crippen LogP contribution in [0.5, 0.6) is 0 Å². The van der Waals surface area contributed by atoms with Crippen molar-refractivity contribution in [3.8, 4) is 0 Å². The van der Waals surface area contributed by atoms with Crippen LogP contribution in [0.1, 0.15) is 34.4 Å². The third kappa shape index (κ3) is 4.60. The van der Waals surface area contributed by atoms with E-state index < -0.39 is 0 Å². The second-order valence-electron chi connectivity index (χ2n) is 7.73. The van der Waals surface area contributed by atoms with Gasteiger partial charge < -0.3 is 14.9 Å². The number of fused-ring (bicyclic) bond motifs is 1. The highest BCUT2D eigenvalue weighted by Gasteiger charge is 2.31. The van der Waals surface area contributed by atoms with Gasteiger partial charge in [-0.05, 0) is 53.5 Å². The van der Waals surface area contributed by atoms with Crippen molar-refractivity contribution in [2.24, 2.45) is 5.92 Å². The van der Waals surface area contributed by atoms with Gasteiger partial charge in [-0.25, -0.2) is 0 Å². The fraction of sp³-hybridized carbons (Fsp3) is 0.391. The molecular weight excluding hydrogens is 384 g/mol. The summed E-state index contributed by atoms with van der Waals surface area (Å²) in [6, 6.07) is 10.2. The molecule has 2 aromatic rings. The lowest BCUT2D eigenvalue weighted by molar-refractivity contribution is -0.140. The molecule has 1 saturated heterocycles. The first kappa shape index (κ1) is 19.9. The number of hydrogen-bond acceptors (Lipinski definition) is 4. The molecule has 1 fully saturated rings. The molecule has 0 bridgehead atoms. The summed E-state index contributed by atoms with van der Waals surface area (Å²) in [7, 11) is 0. The van der Waals surface area contributed by atoms with E-state index in [9.17, 15) is 9.59 Å². The predicted octanol–water partition coefficient (Wildman–Crippen LogP) is 3.08. The van der Waals surface area contributed by atoms with Crippen molar-refractivity contribution < 1.29 is 14.7 Å². The molecule has 152 valence electrons. The fourth-order valence-corrected chi connectivity index (χ4v) is 4.91. The minimum atomic E-state index is -0.0123. The zero-order valence-corrected chi connectivity index (χ0v) is 17.2. The maximum atomic E-state index is 13.0. The number of aliphatic hydroxyl groups is 1. The van der Waals surface area contributed by atoms with E-state index in [0.717, 1.165) is 36.2 Å². The number of aliphatic hydroxyl groups excluding tert-OH is 1. The van der Waals surface area contributed by atoms with E-state index in [-0.39, 0.29) is 24.3 Å². The number of benzene rings is 1. The standard InChI is InChI=1S/C23H26N2O3S/c26-15-17-13-21(29-16-17)5-6-22(27)24-10-8-19(9-11-24)23(28)25-12-7-18-3-1-2-4-20(18)14-25/h1-6,13,16,19,26H,7-12,14-15H2. The summed E-state index contributed by atoms with van der Waals surface area (Å²) >= 11 is 1.51. The highest BCUT2D eigenvalue weighted by atomic mass is 32.1. The number of carbonyl (C=O) groups excluding carboxylic acids is 2. The van der Waals surface area contributed by atoms with Gasteiger partial charge >= 0.3 is 0 Å². The Kier molecular flexibility index (Phi) is 6.11. The number of thiophene rings is 1. The van der Waals surface area contributed by atoms with Crippen molar-refractivity contribution in [3.05, 3.63) is 63.4 Å². The molecular formula is C23H26N2O3S. The van der Waals surface area contributed by atoms with Gasteiger partial charge in [-0.15, -0.1) is 11.3 Å². The van der Waals surface area contributed by atoms with Gasteiger partial charge in [-0.1, -0.05) is 24.3 Å². The van der Waals surface area contributed by atoms with E-state index in [1.54, 1.807) is 12.2 Å². The van der Waals surface area contributed by atoms with Crippen LogP contribution in [0.2, 0.25) is 0 Å². The summed E-state index contributed by atoms with van der Waals surface area (Å²) in [5.74, 6) is 0.233. The van der Waals surface area contributed by atoms with Crippen LogP contribution >= 0.6 is 11.3 Å². The summed E-state index contributed by atoms with van der Waals surface area (Å²) in [6.07, 6.45) is 5.77. The molecule has 0 atom stereocenters. The molecule has 0 aliphatic carbocycles. The second-order valence-corrected chi connectivity index (χ2v) is 8.67. The van der Waals surface area contributed by atoms with Crippen LogP contribution < -0.4 is 0 Å². The van der Waals surface area contributed by atoms with Crippen molar-refractivity contribution in [2.45, 2.75) is 32.4 Å². The summed E-state index contributed by atoms with van der Waals surface area (Å²) < 4.78 is 0. The van der Waals surface area contributed by atoms with Gasteiger partial charge in [0.2, 0.25) is 11.8 Å². The van der Waals surface area contributed by atoms with Crippen LogP contribution in [0, 0.1) is 5.92 Å². The third-order valence-corrected chi connectivity index (χ3v) is 6.79. The van der Waals surface area contributed by atoms with Crippen molar-refractivity contribution in [3.63, 3.8) is 0 Å². The first-order valence-electron chi connectivity index (χ1n) is 10.1. The summed E-state index contributed by atoms with van der Waals surface area (Å²) in [5.41, 5.74) is 3.46. The van der Waals surface area contributed by atoms with E-state index >= 15 is 0 Å². The van der Waals surface area contributed by atoms with E-state index in [1.807, 2.05) is 27.3 Å². The molecule has 5 nitrogen and oxygen atoms in total. The zero-order chi connectivity index (χ0) is 20.2. The van der Waals surface area contributed by atoms with Gasteiger partial charge in [0.1, 0.15) is 0 Å². The highest BCUT2D eigenvalue weighted by molar-refractivity contribution is 7.11. The molecule has 2 amide bonds. The molecule has 1 aromatic heterocycles. The number of carbonyl (C=O) groups is 2. The van der Waals surface area contributed by atoms with Gasteiger partial charge in [0, 0.05) is 43.1 Å². The summed E-state index contributed by atoms with van der Waals surface area (Å²) in [5, 5.41) is 11.0. The number of amides is 2. The average molecular weight is 411 g/mol. The molecule has 0 radical (unpaired) electrons. The van der Waals surface area contributed by atoms with Crippen molar-refractivity contribution in [1.29, 1.82) is 0 Å². The normalized spacial score (nSPS) is 17.6. The minimum Gasteiger partial charge on any atom is -0.392 e. The topological polar surface area (TPSA) is 60.9 Å². The quantitative estimate of drug-likeness (QED) is 0.788. The molecule has 29 heavy (non-hydrogen) atoms. The molecule has 1 N–H and O–H groups in total. The van der Waals surface area contributed by atoms with Gasteiger partial charge in [-0.2, -0.15) is 0 Å². The van der Waals surface area contributed by atoms with E-state index in [1.165, 1.54) is 22.5 Å². The maximum Gasteiger partial charge on any atom is 0.246 e. The van der Waals surface area contributed by atoms with Gasteiger partial charge in [0.25, 0.3) is 0 Å². The van der Waals surface area contributed by atoms with Crippen LogP contribution in [-0.2, 0) is 29.2 Å². The maximum absolute atomic E-state index is 13.0. The Morgan fingerprint density at radius 2 is 1.86 bits per heavy atom. The van der Waals surface area contributed by atoms with Crippen molar-refractivity contribution in [2.75, 3.05) is 19.6 Å². The first-order valence-corrected chi connectivity index (χ1v) is 11.0. The first-order chi connectivity index (χ1) is 14.1. The number of piperidine rings is 1. The molecule has 1 aromatic carbocycles. The third-order valence-electron chi connectivity index (χ3n) is 5.84. The Balaban J connectivity index is 1.29. The Labute approximate surface area is 175 Å². The molecule has 3 heterocycles. The molecule has 0 saturated carbocycles. The van der Waals surface area contributed by atoms with Crippen LogP contribution in [-0.4, -0.2) is 46.4 Å². The summed E-state index contributed by atoms with van der Waals surface area (Å²) in [4.78, 5) is 30.2. The molecule has 0 spiro atoms. The largest absolute Gasteiger partial charge is 0.392 e. The Bertz CT molecular complexity index is 912. The van der Waals surface area contributed by atoms with Gasteiger partial charge in [0.15, 0.2) is 0 Å². The second kappa shape index (κ2) is 8.93. The number of likely N-dealkylation sites (tertiary alicyclic amines) is 1. The van der Waals surface area contributed by atoms with E-state index in [2.05, 4.69) is 18.2 Å². The molecule has 2 aliphatic heterocycles. The SMILES string of the molecule is O=C(C=Cc1cc(CO)cs1)N1CCC(C(=O)N2CCc3ccccc3C2)CC1. The van der Waals surface area contributed by atoms with Crippen molar-refractivity contribution in [1.82, 2.24) is 9.80 Å². The van der Waals surface area contributed by atoms with Crippen LogP contribution in [0.3, 0.4) is 0 Å². The molecule has 4 rings (SSSR count). The van der Waals surface area contributed by atoms with Crippen molar-refractivity contribution >= 4 is 29.2 Å². The lowest BCUT2D eigenvalue weighted by atomic mass is 9.93. The highest BCUT2D eigenvalue weighted by Crippen LogP contribution is 2.25. The molecule has 0 unspecified atom stereocenters. The Morgan fingerprint density at radius 1 is 1.10 bits per heavy atom. The van der Waals surface area contributed by atoms with E-state index in [0.29, 0.717) is 19.6 Å². The van der Waals surface area contributed by atoms with Crippen LogP contribution in [0.4, 0.5) is 0 Å². The fourth-order valence-electron chi connectivity index (χ4n) is 4.11. The number of nitrogens with zero attached hydrogens (tertiary/aromatic N) is 2. The average Bonchev–Trinajstić information content (AvgIpc) is 3.25. The molecule has 2 aliphatic rings. The number of hydrogen-bond donors (Lipinski definition) is 1. The smallest absolute Gasteiger partial charge is 0.246 e. The monoisotopic (exact) mass is 410 g/mol. The van der Waals surface area contributed by atoms with E-state index in [4.69, 9.17) is 5.11 Å². The number of rotatable bonds is 4. The Morgan fingerprint density at radius 3 is 2.59 bits per heavy atom. The lowest BCUT2D eigenvalue weighted by Crippen LogP contribution is -2.45. The zero-order valence-electron chi connectivity index (χ0n) is 16.4. The van der Waals surface area contributed by atoms with Crippen LogP contribution in [0.15, 0.2) is 41.8 Å².